The molecule has 0 aliphatic carbocycles. The van der Waals surface area contributed by atoms with Gasteiger partial charge < -0.3 is 15.0 Å². The number of methoxy groups -OCH3 is 1. The SMILES string of the molecule is COc1ccc([C@H](CNC(=O)CCc2ccccc2)c2c[nH]c3ccccc23)cc1. The topological polar surface area (TPSA) is 54.1 Å². The molecule has 152 valence electrons. The maximum absolute atomic E-state index is 12.5. The van der Waals surface area contributed by atoms with Crippen LogP contribution in [0.3, 0.4) is 0 Å². The second-order valence-electron chi connectivity index (χ2n) is 7.41. The van der Waals surface area contributed by atoms with E-state index in [1.54, 1.807) is 7.11 Å². The average Bonchev–Trinajstić information content (AvgIpc) is 3.23. The lowest BCUT2D eigenvalue weighted by Gasteiger charge is -2.19. The molecule has 0 unspecified atom stereocenters. The Morgan fingerprint density at radius 3 is 2.47 bits per heavy atom. The van der Waals surface area contributed by atoms with Crippen LogP contribution >= 0.6 is 0 Å². The van der Waals surface area contributed by atoms with Gasteiger partial charge in [-0.25, -0.2) is 0 Å². The zero-order chi connectivity index (χ0) is 20.8. The van der Waals surface area contributed by atoms with Gasteiger partial charge in [0.1, 0.15) is 5.75 Å². The van der Waals surface area contributed by atoms with Crippen molar-refractivity contribution in [2.75, 3.05) is 13.7 Å². The van der Waals surface area contributed by atoms with Gasteiger partial charge in [-0.05, 0) is 41.3 Å². The van der Waals surface area contributed by atoms with Gasteiger partial charge in [0, 0.05) is 36.0 Å². The Labute approximate surface area is 176 Å². The highest BCUT2D eigenvalue weighted by Crippen LogP contribution is 2.31. The van der Waals surface area contributed by atoms with Crippen molar-refractivity contribution in [2.45, 2.75) is 18.8 Å². The maximum atomic E-state index is 12.5. The Morgan fingerprint density at radius 1 is 0.967 bits per heavy atom. The fraction of sp³-hybridized carbons (Fsp3) is 0.192. The molecule has 0 bridgehead atoms. The van der Waals surface area contributed by atoms with Crippen LogP contribution in [0.1, 0.15) is 29.0 Å². The van der Waals surface area contributed by atoms with E-state index in [-0.39, 0.29) is 11.8 Å². The van der Waals surface area contributed by atoms with Crippen molar-refractivity contribution in [3.63, 3.8) is 0 Å². The molecule has 1 heterocycles. The minimum atomic E-state index is 0.0488. The third-order valence-corrected chi connectivity index (χ3v) is 5.50. The summed E-state index contributed by atoms with van der Waals surface area (Å²) < 4.78 is 5.31. The van der Waals surface area contributed by atoms with Crippen LogP contribution < -0.4 is 10.1 Å². The number of H-pyrrole nitrogens is 1. The lowest BCUT2D eigenvalue weighted by atomic mass is 9.90. The first-order chi connectivity index (χ1) is 14.7. The van der Waals surface area contributed by atoms with Crippen molar-refractivity contribution in [1.82, 2.24) is 10.3 Å². The van der Waals surface area contributed by atoms with Crippen LogP contribution in [0.4, 0.5) is 0 Å². The lowest BCUT2D eigenvalue weighted by Crippen LogP contribution is -2.29. The molecule has 0 radical (unpaired) electrons. The van der Waals surface area contributed by atoms with E-state index in [2.05, 4.69) is 52.9 Å². The Balaban J connectivity index is 1.52. The number of fused-ring (bicyclic) bond motifs is 1. The van der Waals surface area contributed by atoms with E-state index >= 15 is 0 Å². The van der Waals surface area contributed by atoms with Crippen molar-refractivity contribution >= 4 is 16.8 Å². The van der Waals surface area contributed by atoms with E-state index in [0.717, 1.165) is 23.3 Å². The summed E-state index contributed by atoms with van der Waals surface area (Å²) in [7, 11) is 1.67. The molecule has 4 nitrogen and oxygen atoms in total. The van der Waals surface area contributed by atoms with Crippen LogP contribution in [0, 0.1) is 0 Å². The number of amides is 1. The summed E-state index contributed by atoms with van der Waals surface area (Å²) in [5, 5.41) is 4.33. The third kappa shape index (κ3) is 4.54. The van der Waals surface area contributed by atoms with E-state index in [9.17, 15) is 4.79 Å². The van der Waals surface area contributed by atoms with E-state index < -0.39 is 0 Å². The maximum Gasteiger partial charge on any atom is 0.220 e. The number of aryl methyl sites for hydroxylation is 1. The fourth-order valence-corrected chi connectivity index (χ4v) is 3.83. The molecular weight excluding hydrogens is 372 g/mol. The van der Waals surface area contributed by atoms with E-state index in [0.29, 0.717) is 13.0 Å². The first-order valence-corrected chi connectivity index (χ1v) is 10.2. The molecule has 4 heteroatoms. The lowest BCUT2D eigenvalue weighted by molar-refractivity contribution is -0.121. The second kappa shape index (κ2) is 9.31. The van der Waals surface area contributed by atoms with Crippen LogP contribution in [0.15, 0.2) is 85.1 Å². The molecular formula is C26H26N2O2. The normalized spacial score (nSPS) is 11.9. The Bertz CT molecular complexity index is 1100. The Hall–Kier alpha value is -3.53. The third-order valence-electron chi connectivity index (χ3n) is 5.50. The van der Waals surface area contributed by atoms with Crippen LogP contribution in [0.25, 0.3) is 10.9 Å². The summed E-state index contributed by atoms with van der Waals surface area (Å²) in [5.41, 5.74) is 4.60. The number of rotatable bonds is 8. The number of carbonyl (C=O) groups excluding carboxylic acids is 1. The predicted molar refractivity (Wildman–Crippen MR) is 121 cm³/mol. The molecule has 2 N–H and O–H groups in total. The minimum Gasteiger partial charge on any atom is -0.497 e. The number of benzene rings is 3. The predicted octanol–water partition coefficient (Wildman–Crippen LogP) is 5.06. The van der Waals surface area contributed by atoms with Crippen molar-refractivity contribution in [1.29, 1.82) is 0 Å². The Kier molecular flexibility index (Phi) is 6.14. The molecule has 4 aromatic rings. The molecule has 3 aromatic carbocycles. The smallest absolute Gasteiger partial charge is 0.220 e. The van der Waals surface area contributed by atoms with Gasteiger partial charge in [-0.15, -0.1) is 0 Å². The van der Waals surface area contributed by atoms with Crippen LogP contribution in [0.2, 0.25) is 0 Å². The first kappa shape index (κ1) is 19.8. The minimum absolute atomic E-state index is 0.0488. The van der Waals surface area contributed by atoms with Gasteiger partial charge in [0.05, 0.1) is 7.11 Å². The molecule has 1 aromatic heterocycles. The molecule has 0 aliphatic rings. The first-order valence-electron chi connectivity index (χ1n) is 10.2. The highest BCUT2D eigenvalue weighted by Gasteiger charge is 2.19. The van der Waals surface area contributed by atoms with Gasteiger partial charge in [0.2, 0.25) is 5.91 Å². The van der Waals surface area contributed by atoms with Gasteiger partial charge in [0.25, 0.3) is 0 Å². The van der Waals surface area contributed by atoms with Gasteiger partial charge in [0.15, 0.2) is 0 Å². The van der Waals surface area contributed by atoms with Crippen molar-refractivity contribution < 1.29 is 9.53 Å². The molecule has 4 rings (SSSR count). The molecule has 0 saturated heterocycles. The van der Waals surface area contributed by atoms with Gasteiger partial charge in [-0.3, -0.25) is 4.79 Å². The highest BCUT2D eigenvalue weighted by molar-refractivity contribution is 5.84. The summed E-state index contributed by atoms with van der Waals surface area (Å²) in [5.74, 6) is 0.938. The summed E-state index contributed by atoms with van der Waals surface area (Å²) in [6.45, 7) is 0.543. The number of aromatic amines is 1. The van der Waals surface area contributed by atoms with Gasteiger partial charge >= 0.3 is 0 Å². The molecule has 0 aliphatic heterocycles. The number of carbonyl (C=O) groups is 1. The zero-order valence-electron chi connectivity index (χ0n) is 17.1. The fourth-order valence-electron chi connectivity index (χ4n) is 3.83. The van der Waals surface area contributed by atoms with Crippen LogP contribution in [0.5, 0.6) is 5.75 Å². The number of hydrogen-bond acceptors (Lipinski definition) is 2. The van der Waals surface area contributed by atoms with Crippen molar-refractivity contribution in [2.24, 2.45) is 0 Å². The van der Waals surface area contributed by atoms with Crippen molar-refractivity contribution in [3.05, 3.63) is 102 Å². The van der Waals surface area contributed by atoms with E-state index in [1.165, 1.54) is 16.5 Å². The van der Waals surface area contributed by atoms with Gasteiger partial charge in [-0.1, -0.05) is 60.7 Å². The van der Waals surface area contributed by atoms with E-state index in [1.807, 2.05) is 42.5 Å². The number of nitrogens with one attached hydrogen (secondary N) is 2. The number of ether oxygens (including phenoxy) is 1. The summed E-state index contributed by atoms with van der Waals surface area (Å²) >= 11 is 0. The Morgan fingerprint density at radius 2 is 1.70 bits per heavy atom. The molecule has 30 heavy (non-hydrogen) atoms. The molecule has 1 atom stereocenters. The molecule has 0 saturated carbocycles. The van der Waals surface area contributed by atoms with E-state index in [4.69, 9.17) is 4.74 Å². The average molecular weight is 399 g/mol. The molecule has 1 amide bonds. The van der Waals surface area contributed by atoms with Crippen LogP contribution in [-0.2, 0) is 11.2 Å². The summed E-state index contributed by atoms with van der Waals surface area (Å²) in [4.78, 5) is 15.9. The summed E-state index contributed by atoms with van der Waals surface area (Å²) in [6, 6.07) is 26.4. The summed E-state index contributed by atoms with van der Waals surface area (Å²) in [6.07, 6.45) is 3.27. The highest BCUT2D eigenvalue weighted by atomic mass is 16.5. The zero-order valence-corrected chi connectivity index (χ0v) is 17.1. The molecule has 0 spiro atoms. The monoisotopic (exact) mass is 398 g/mol. The van der Waals surface area contributed by atoms with Crippen molar-refractivity contribution in [3.8, 4) is 5.75 Å². The number of para-hydroxylation sites is 1. The largest absolute Gasteiger partial charge is 0.497 e. The number of aromatic nitrogens is 1. The number of hydrogen-bond donors (Lipinski definition) is 2. The van der Waals surface area contributed by atoms with Gasteiger partial charge in [-0.2, -0.15) is 0 Å². The molecule has 0 fully saturated rings. The second-order valence-corrected chi connectivity index (χ2v) is 7.41. The standard InChI is InChI=1S/C26H26N2O2/c1-30-21-14-12-20(13-15-21)23(24-18-27-25-10-6-5-9-22(24)25)17-28-26(29)16-11-19-7-3-2-4-8-19/h2-10,12-15,18,23,27H,11,16-17H2,1H3,(H,28,29)/t23-/m0/s1. The van der Waals surface area contributed by atoms with Crippen LogP contribution in [-0.4, -0.2) is 24.5 Å². The quantitative estimate of drug-likeness (QED) is 0.436.